The number of carbonyl (C=O) groups is 2. The van der Waals surface area contributed by atoms with Crippen molar-refractivity contribution in [1.82, 2.24) is 4.90 Å². The number of amides is 2. The monoisotopic (exact) mass is 404 g/mol. The number of carbonyl (C=O) groups excluding carboxylic acids is 2. The summed E-state index contributed by atoms with van der Waals surface area (Å²) in [5.41, 5.74) is 2.35. The second-order valence-electron chi connectivity index (χ2n) is 8.40. The number of rotatable bonds is 4. The maximum atomic E-state index is 15.0. The predicted molar refractivity (Wildman–Crippen MR) is 114 cm³/mol. The van der Waals surface area contributed by atoms with E-state index < -0.39 is 0 Å². The first kappa shape index (κ1) is 20.9. The lowest BCUT2D eigenvalue weighted by atomic mass is 9.79. The van der Waals surface area contributed by atoms with Gasteiger partial charge in [0.2, 0.25) is 0 Å². The molecule has 2 atom stereocenters. The highest BCUT2D eigenvalue weighted by Crippen LogP contribution is 2.44. The molecule has 1 saturated heterocycles. The molecule has 0 aliphatic carbocycles. The molecule has 2 heterocycles. The molecule has 0 aromatic heterocycles. The summed E-state index contributed by atoms with van der Waals surface area (Å²) in [6.07, 6.45) is 3.20. The maximum absolute atomic E-state index is 15.0. The van der Waals surface area contributed by atoms with Crippen LogP contribution in [0.25, 0.3) is 6.08 Å². The Labute approximate surface area is 171 Å². The summed E-state index contributed by atoms with van der Waals surface area (Å²) >= 11 is 0.893. The zero-order valence-corrected chi connectivity index (χ0v) is 18.3. The molecule has 28 heavy (non-hydrogen) atoms. The van der Waals surface area contributed by atoms with Crippen molar-refractivity contribution in [2.45, 2.75) is 71.9 Å². The molecule has 152 valence electrons. The van der Waals surface area contributed by atoms with E-state index in [0.717, 1.165) is 36.0 Å². The number of hydrogen-bond donors (Lipinski definition) is 0. The number of hydrogen-bond acceptors (Lipinski definition) is 4. The summed E-state index contributed by atoms with van der Waals surface area (Å²) in [5, 5.41) is -0.281. The van der Waals surface area contributed by atoms with Crippen molar-refractivity contribution >= 4 is 34.7 Å². The highest BCUT2D eigenvalue weighted by molar-refractivity contribution is 8.18. The third-order valence-electron chi connectivity index (χ3n) is 5.96. The van der Waals surface area contributed by atoms with Gasteiger partial charge < -0.3 is 4.90 Å². The van der Waals surface area contributed by atoms with E-state index in [0.29, 0.717) is 16.9 Å². The number of halogens is 1. The van der Waals surface area contributed by atoms with E-state index in [2.05, 4.69) is 32.6 Å². The fourth-order valence-electron chi connectivity index (χ4n) is 4.41. The molecule has 0 bridgehead atoms. The molecule has 0 radical (unpaired) electrons. The lowest BCUT2D eigenvalue weighted by molar-refractivity contribution is -0.124. The average molecular weight is 405 g/mol. The summed E-state index contributed by atoms with van der Waals surface area (Å²) in [6.45, 7) is 13.2. The molecule has 2 unspecified atom stereocenters. The Hall–Kier alpha value is -1.82. The number of fused-ring (bicyclic) bond motifs is 1. The van der Waals surface area contributed by atoms with Gasteiger partial charge in [0.1, 0.15) is 5.82 Å². The molecule has 2 aliphatic heterocycles. The van der Waals surface area contributed by atoms with Crippen LogP contribution in [0.4, 0.5) is 14.9 Å². The number of benzene rings is 1. The van der Waals surface area contributed by atoms with E-state index in [4.69, 9.17) is 0 Å². The largest absolute Gasteiger partial charge is 0.366 e. The third kappa shape index (κ3) is 3.47. The number of imide groups is 1. The Morgan fingerprint density at radius 3 is 2.61 bits per heavy atom. The maximum Gasteiger partial charge on any atom is 0.293 e. The molecule has 6 heteroatoms. The van der Waals surface area contributed by atoms with Crippen molar-refractivity contribution in [1.29, 1.82) is 0 Å². The first-order valence-corrected chi connectivity index (χ1v) is 10.8. The summed E-state index contributed by atoms with van der Waals surface area (Å²) in [4.78, 5) is 28.7. The molecular formula is C22H29FN2O2S. The Balaban J connectivity index is 2.02. The van der Waals surface area contributed by atoms with E-state index >= 15 is 0 Å². The fourth-order valence-corrected chi connectivity index (χ4v) is 5.33. The van der Waals surface area contributed by atoms with Crippen LogP contribution < -0.4 is 4.90 Å². The lowest BCUT2D eigenvalue weighted by Crippen LogP contribution is -2.48. The van der Waals surface area contributed by atoms with Crippen LogP contribution in [0.1, 0.15) is 71.4 Å². The van der Waals surface area contributed by atoms with Crippen molar-refractivity contribution < 1.29 is 14.0 Å². The number of anilines is 1. The Kier molecular flexibility index (Phi) is 5.63. The molecule has 1 aromatic rings. The van der Waals surface area contributed by atoms with Crippen molar-refractivity contribution in [2.75, 3.05) is 11.4 Å². The molecular weight excluding hydrogens is 375 g/mol. The van der Waals surface area contributed by atoms with Crippen LogP contribution in [0.15, 0.2) is 17.0 Å². The Bertz CT molecular complexity index is 849. The van der Waals surface area contributed by atoms with E-state index in [-0.39, 0.29) is 34.5 Å². The first-order chi connectivity index (χ1) is 13.1. The van der Waals surface area contributed by atoms with Crippen LogP contribution in [-0.2, 0) is 4.79 Å². The summed E-state index contributed by atoms with van der Waals surface area (Å²) in [5.74, 6) is -0.404. The van der Waals surface area contributed by atoms with Gasteiger partial charge in [-0.1, -0.05) is 13.8 Å². The summed E-state index contributed by atoms with van der Waals surface area (Å²) < 4.78 is 15.0. The fraction of sp³-hybridized carbons (Fsp3) is 0.545. The second kappa shape index (κ2) is 7.54. The minimum absolute atomic E-state index is 0.0337. The molecule has 0 N–H and O–H groups in total. The number of thioether (sulfide) groups is 1. The SMILES string of the molecule is CCC(C)N1C(=O)S/C(=C\c2cc3c(cc2F)N(CC)C(C)(C)CC3C)C1=O. The number of nitrogens with zero attached hydrogens (tertiary/aromatic N) is 2. The second-order valence-corrected chi connectivity index (χ2v) is 9.40. The molecule has 1 aromatic carbocycles. The van der Waals surface area contributed by atoms with Crippen LogP contribution in [0.2, 0.25) is 0 Å². The van der Waals surface area contributed by atoms with E-state index in [9.17, 15) is 14.0 Å². The average Bonchev–Trinajstić information content (AvgIpc) is 2.89. The Morgan fingerprint density at radius 1 is 1.32 bits per heavy atom. The minimum atomic E-state index is -0.363. The van der Waals surface area contributed by atoms with Gasteiger partial charge >= 0.3 is 0 Å². The highest BCUT2D eigenvalue weighted by Gasteiger charge is 2.39. The van der Waals surface area contributed by atoms with Gasteiger partial charge in [0.15, 0.2) is 0 Å². The van der Waals surface area contributed by atoms with Crippen LogP contribution in [-0.4, -0.2) is 34.2 Å². The minimum Gasteiger partial charge on any atom is -0.366 e. The van der Waals surface area contributed by atoms with E-state index in [1.54, 1.807) is 6.07 Å². The van der Waals surface area contributed by atoms with E-state index in [1.165, 1.54) is 11.0 Å². The standard InChI is InChI=1S/C22H29FN2O2S/c1-7-14(4)25-20(26)19(28-21(25)27)10-15-9-16-13(3)12-22(5,6)24(8-2)18(16)11-17(15)23/h9-11,13-14H,7-8,12H2,1-6H3/b19-10-. The van der Waals surface area contributed by atoms with Crippen molar-refractivity contribution in [3.8, 4) is 0 Å². The van der Waals surface area contributed by atoms with Gasteiger partial charge in [0.25, 0.3) is 11.1 Å². The van der Waals surface area contributed by atoms with Gasteiger partial charge in [-0.15, -0.1) is 0 Å². The molecule has 0 saturated carbocycles. The van der Waals surface area contributed by atoms with Crippen LogP contribution in [0.3, 0.4) is 0 Å². The summed E-state index contributed by atoms with van der Waals surface area (Å²) in [6, 6.07) is 3.28. The van der Waals surface area contributed by atoms with Gasteiger partial charge in [-0.2, -0.15) is 0 Å². The predicted octanol–water partition coefficient (Wildman–Crippen LogP) is 5.77. The molecule has 3 rings (SSSR count). The van der Waals surface area contributed by atoms with Crippen LogP contribution >= 0.6 is 11.8 Å². The zero-order valence-electron chi connectivity index (χ0n) is 17.5. The van der Waals surface area contributed by atoms with Gasteiger partial charge in [0.05, 0.1) is 4.91 Å². The zero-order chi connectivity index (χ0) is 20.8. The molecule has 0 spiro atoms. The smallest absolute Gasteiger partial charge is 0.293 e. The summed E-state index contributed by atoms with van der Waals surface area (Å²) in [7, 11) is 0. The first-order valence-electron chi connectivity index (χ1n) is 9.98. The van der Waals surface area contributed by atoms with Gasteiger partial charge in [-0.3, -0.25) is 14.5 Å². The molecule has 2 aliphatic rings. The third-order valence-corrected chi connectivity index (χ3v) is 6.85. The Morgan fingerprint density at radius 2 is 2.00 bits per heavy atom. The van der Waals surface area contributed by atoms with Gasteiger partial charge in [-0.05, 0) is 82.0 Å². The molecule has 2 amide bonds. The molecule has 1 fully saturated rings. The van der Waals surface area contributed by atoms with Crippen molar-refractivity contribution in [3.63, 3.8) is 0 Å². The van der Waals surface area contributed by atoms with Crippen molar-refractivity contribution in [3.05, 3.63) is 34.0 Å². The van der Waals surface area contributed by atoms with Gasteiger partial charge in [0, 0.05) is 29.4 Å². The highest BCUT2D eigenvalue weighted by atomic mass is 32.2. The molecule has 4 nitrogen and oxygen atoms in total. The van der Waals surface area contributed by atoms with Crippen molar-refractivity contribution in [2.24, 2.45) is 0 Å². The lowest BCUT2D eigenvalue weighted by Gasteiger charge is -2.47. The topological polar surface area (TPSA) is 40.6 Å². The van der Waals surface area contributed by atoms with E-state index in [1.807, 2.05) is 19.9 Å². The van der Waals surface area contributed by atoms with Crippen LogP contribution in [0.5, 0.6) is 0 Å². The normalized spacial score (nSPS) is 24.1. The quantitative estimate of drug-likeness (QED) is 0.597. The van der Waals surface area contributed by atoms with Crippen LogP contribution in [0, 0.1) is 5.82 Å². The van der Waals surface area contributed by atoms with Gasteiger partial charge in [-0.25, -0.2) is 4.39 Å².